The van der Waals surface area contributed by atoms with Crippen LogP contribution >= 0.6 is 11.6 Å². The number of hydrogen-bond acceptors (Lipinski definition) is 4. The molecule has 1 aliphatic carbocycles. The average Bonchev–Trinajstić information content (AvgIpc) is 2.85. The second kappa shape index (κ2) is 6.90. The van der Waals surface area contributed by atoms with E-state index in [1.807, 2.05) is 14.1 Å². The Balaban J connectivity index is 2.35. The molecule has 1 saturated carbocycles. The molecule has 2 rings (SSSR count). The minimum absolute atomic E-state index is 0.0887. The molecule has 0 bridgehead atoms. The van der Waals surface area contributed by atoms with Crippen molar-refractivity contribution in [2.75, 3.05) is 27.8 Å². The Morgan fingerprint density at radius 1 is 1.43 bits per heavy atom. The van der Waals surface area contributed by atoms with Crippen LogP contribution in [0.25, 0.3) is 0 Å². The van der Waals surface area contributed by atoms with E-state index in [1.165, 1.54) is 6.42 Å². The number of carbonyl (C=O) groups is 1. The Morgan fingerprint density at radius 3 is 2.67 bits per heavy atom. The first-order chi connectivity index (χ1) is 10.0. The molecular weight excluding hydrogens is 290 g/mol. The number of aromatic nitrogens is 2. The second-order valence-corrected chi connectivity index (χ2v) is 6.28. The van der Waals surface area contributed by atoms with Crippen LogP contribution in [0, 0.1) is 0 Å². The maximum Gasteiger partial charge on any atom is 0.202 e. The van der Waals surface area contributed by atoms with Crippen LogP contribution < -0.4 is 0 Å². The largest absolute Gasteiger partial charge is 0.383 e. The number of halogens is 1. The summed E-state index contributed by atoms with van der Waals surface area (Å²) in [6.45, 7) is 1.04. The number of ether oxygens (including phenoxy) is 1. The first-order valence-electron chi connectivity index (χ1n) is 7.45. The molecule has 118 valence electrons. The van der Waals surface area contributed by atoms with Crippen LogP contribution in [-0.4, -0.2) is 53.8 Å². The molecule has 0 atom stereocenters. The number of hydrogen-bond donors (Lipinski definition) is 0. The standard InChI is InChI=1S/C15H24ClN3O2/c1-18(2)15(7-5-4-6-8-15)14(20)13-12(16)11-17-19(13)9-10-21-3/h11H,4-10H2,1-3H3. The van der Waals surface area contributed by atoms with Crippen LogP contribution in [0.2, 0.25) is 5.02 Å². The lowest BCUT2D eigenvalue weighted by molar-refractivity contribution is 0.0550. The van der Waals surface area contributed by atoms with E-state index in [2.05, 4.69) is 10.00 Å². The lowest BCUT2D eigenvalue weighted by atomic mass is 9.76. The number of nitrogens with zero attached hydrogens (tertiary/aromatic N) is 3. The van der Waals surface area contributed by atoms with Crippen molar-refractivity contribution in [3.05, 3.63) is 16.9 Å². The van der Waals surface area contributed by atoms with Gasteiger partial charge in [-0.25, -0.2) is 0 Å². The predicted octanol–water partition coefficient (Wildman–Crippen LogP) is 2.63. The zero-order chi connectivity index (χ0) is 15.5. The maximum absolute atomic E-state index is 13.2. The van der Waals surface area contributed by atoms with E-state index >= 15 is 0 Å². The first-order valence-corrected chi connectivity index (χ1v) is 7.83. The minimum Gasteiger partial charge on any atom is -0.383 e. The van der Waals surface area contributed by atoms with Crippen molar-refractivity contribution in [1.29, 1.82) is 0 Å². The van der Waals surface area contributed by atoms with Crippen LogP contribution in [-0.2, 0) is 11.3 Å². The number of ketones is 1. The third-order valence-electron chi connectivity index (χ3n) is 4.48. The Bertz CT molecular complexity index is 493. The number of Topliss-reactive ketones (excluding diaryl/α,β-unsaturated/α-hetero) is 1. The summed E-state index contributed by atoms with van der Waals surface area (Å²) in [6, 6.07) is 0. The molecule has 0 spiro atoms. The molecule has 5 nitrogen and oxygen atoms in total. The fourth-order valence-electron chi connectivity index (χ4n) is 3.17. The third-order valence-corrected chi connectivity index (χ3v) is 4.75. The van der Waals surface area contributed by atoms with Gasteiger partial charge in [0.1, 0.15) is 5.69 Å². The van der Waals surface area contributed by atoms with Crippen molar-refractivity contribution in [1.82, 2.24) is 14.7 Å². The summed E-state index contributed by atoms with van der Waals surface area (Å²) in [5, 5.41) is 4.66. The maximum atomic E-state index is 13.2. The zero-order valence-corrected chi connectivity index (χ0v) is 13.8. The van der Waals surface area contributed by atoms with Crippen molar-refractivity contribution in [2.45, 2.75) is 44.2 Å². The van der Waals surface area contributed by atoms with Crippen LogP contribution in [0.5, 0.6) is 0 Å². The van der Waals surface area contributed by atoms with Gasteiger partial charge in [0.2, 0.25) is 5.78 Å². The molecule has 0 radical (unpaired) electrons. The molecule has 0 aliphatic heterocycles. The van der Waals surface area contributed by atoms with E-state index in [4.69, 9.17) is 16.3 Å². The van der Waals surface area contributed by atoms with Crippen molar-refractivity contribution < 1.29 is 9.53 Å². The van der Waals surface area contributed by atoms with Crippen LogP contribution in [0.3, 0.4) is 0 Å². The van der Waals surface area contributed by atoms with Gasteiger partial charge in [-0.1, -0.05) is 30.9 Å². The topological polar surface area (TPSA) is 47.4 Å². The highest BCUT2D eigenvalue weighted by Gasteiger charge is 2.43. The molecule has 1 aromatic heterocycles. The van der Waals surface area contributed by atoms with Gasteiger partial charge < -0.3 is 4.74 Å². The molecule has 0 aromatic carbocycles. The highest BCUT2D eigenvalue weighted by molar-refractivity contribution is 6.34. The molecule has 1 aromatic rings. The number of rotatable bonds is 6. The predicted molar refractivity (Wildman–Crippen MR) is 82.9 cm³/mol. The van der Waals surface area contributed by atoms with E-state index in [0.717, 1.165) is 25.7 Å². The van der Waals surface area contributed by atoms with Crippen LogP contribution in [0.1, 0.15) is 42.6 Å². The number of carbonyl (C=O) groups excluding carboxylic acids is 1. The fraction of sp³-hybridized carbons (Fsp3) is 0.733. The van der Waals surface area contributed by atoms with Crippen LogP contribution in [0.15, 0.2) is 6.20 Å². The lowest BCUT2D eigenvalue weighted by Gasteiger charge is -2.41. The molecule has 6 heteroatoms. The Morgan fingerprint density at radius 2 is 2.10 bits per heavy atom. The van der Waals surface area contributed by atoms with Crippen molar-refractivity contribution in [2.24, 2.45) is 0 Å². The molecule has 0 unspecified atom stereocenters. The van der Waals surface area contributed by atoms with Gasteiger partial charge in [0.05, 0.1) is 29.9 Å². The van der Waals surface area contributed by atoms with Gasteiger partial charge in [-0.3, -0.25) is 14.4 Å². The Hall–Kier alpha value is -0.910. The van der Waals surface area contributed by atoms with E-state index < -0.39 is 5.54 Å². The molecule has 1 fully saturated rings. The number of methoxy groups -OCH3 is 1. The summed E-state index contributed by atoms with van der Waals surface area (Å²) >= 11 is 6.24. The molecule has 0 amide bonds. The van der Waals surface area contributed by atoms with Crippen molar-refractivity contribution >= 4 is 17.4 Å². The average molecular weight is 314 g/mol. The second-order valence-electron chi connectivity index (χ2n) is 5.87. The molecule has 1 aliphatic rings. The summed E-state index contributed by atoms with van der Waals surface area (Å²) in [6.07, 6.45) is 6.66. The third kappa shape index (κ3) is 3.15. The molecular formula is C15H24ClN3O2. The summed E-state index contributed by atoms with van der Waals surface area (Å²) in [5.41, 5.74) is 0.0662. The van der Waals surface area contributed by atoms with Gasteiger partial charge in [-0.2, -0.15) is 5.10 Å². The fourth-order valence-corrected chi connectivity index (χ4v) is 3.40. The first kappa shape index (κ1) is 16.5. The van der Waals surface area contributed by atoms with Gasteiger partial charge in [0.15, 0.2) is 0 Å². The highest BCUT2D eigenvalue weighted by Crippen LogP contribution is 2.36. The summed E-state index contributed by atoms with van der Waals surface area (Å²) in [7, 11) is 5.59. The molecule has 21 heavy (non-hydrogen) atoms. The molecule has 0 N–H and O–H groups in total. The Labute approximate surface area is 131 Å². The van der Waals surface area contributed by atoms with Gasteiger partial charge in [0.25, 0.3) is 0 Å². The van der Waals surface area contributed by atoms with Gasteiger partial charge >= 0.3 is 0 Å². The van der Waals surface area contributed by atoms with Gasteiger partial charge in [-0.15, -0.1) is 0 Å². The SMILES string of the molecule is COCCn1ncc(Cl)c1C(=O)C1(N(C)C)CCCCC1. The minimum atomic E-state index is -0.452. The Kier molecular flexibility index (Phi) is 5.41. The van der Waals surface area contributed by atoms with Crippen LogP contribution in [0.4, 0.5) is 0 Å². The van der Waals surface area contributed by atoms with Gasteiger partial charge in [-0.05, 0) is 26.9 Å². The quantitative estimate of drug-likeness (QED) is 0.758. The molecule has 1 heterocycles. The normalized spacial score (nSPS) is 18.1. The van der Waals surface area contributed by atoms with Gasteiger partial charge in [0, 0.05) is 7.11 Å². The van der Waals surface area contributed by atoms with Crippen molar-refractivity contribution in [3.63, 3.8) is 0 Å². The molecule has 0 saturated heterocycles. The summed E-state index contributed by atoms with van der Waals surface area (Å²) in [4.78, 5) is 15.3. The van der Waals surface area contributed by atoms with E-state index in [-0.39, 0.29) is 5.78 Å². The lowest BCUT2D eigenvalue weighted by Crippen LogP contribution is -2.53. The highest BCUT2D eigenvalue weighted by atomic mass is 35.5. The monoisotopic (exact) mass is 313 g/mol. The number of likely N-dealkylation sites (N-methyl/N-ethyl adjacent to an activating group) is 1. The van der Waals surface area contributed by atoms with Crippen molar-refractivity contribution in [3.8, 4) is 0 Å². The van der Waals surface area contributed by atoms with E-state index in [1.54, 1.807) is 18.0 Å². The van der Waals surface area contributed by atoms with E-state index in [0.29, 0.717) is 23.9 Å². The van der Waals surface area contributed by atoms with E-state index in [9.17, 15) is 4.79 Å². The smallest absolute Gasteiger partial charge is 0.202 e. The summed E-state index contributed by atoms with van der Waals surface area (Å²) in [5.74, 6) is 0.0887. The zero-order valence-electron chi connectivity index (χ0n) is 13.1. The summed E-state index contributed by atoms with van der Waals surface area (Å²) < 4.78 is 6.76.